The minimum absolute atomic E-state index is 0.0226. The molecule has 0 aliphatic rings. The van der Waals surface area contributed by atoms with Gasteiger partial charge in [0, 0.05) is 18.3 Å². The number of rotatable bonds is 10. The van der Waals surface area contributed by atoms with Gasteiger partial charge in [0.1, 0.15) is 0 Å². The lowest BCUT2D eigenvalue weighted by Crippen LogP contribution is -2.35. The highest BCUT2D eigenvalue weighted by molar-refractivity contribution is 7.91. The number of sulfone groups is 1. The summed E-state index contributed by atoms with van der Waals surface area (Å²) in [5.74, 6) is 0.447. The van der Waals surface area contributed by atoms with E-state index in [2.05, 4.69) is 41.5 Å². The van der Waals surface area contributed by atoms with Gasteiger partial charge in [-0.1, -0.05) is 37.3 Å². The lowest BCUT2D eigenvalue weighted by atomic mass is 10.2. The summed E-state index contributed by atoms with van der Waals surface area (Å²) in [5.41, 5.74) is 1.32. The maximum Gasteiger partial charge on any atom is 0.151 e. The van der Waals surface area contributed by atoms with Gasteiger partial charge in [0.05, 0.1) is 5.75 Å². The van der Waals surface area contributed by atoms with Crippen molar-refractivity contribution in [1.29, 1.82) is 0 Å². The second kappa shape index (κ2) is 9.18. The van der Waals surface area contributed by atoms with E-state index in [9.17, 15) is 8.42 Å². The molecule has 0 aliphatic heterocycles. The Morgan fingerprint density at radius 1 is 1.24 bits per heavy atom. The summed E-state index contributed by atoms with van der Waals surface area (Å²) in [7, 11) is -0.777. The highest BCUT2D eigenvalue weighted by atomic mass is 32.2. The molecule has 0 bridgehead atoms. The summed E-state index contributed by atoms with van der Waals surface area (Å²) in [5, 5.41) is 3.29. The predicted molar refractivity (Wildman–Crippen MR) is 89.2 cm³/mol. The molecule has 21 heavy (non-hydrogen) atoms. The molecule has 5 heteroatoms. The summed E-state index contributed by atoms with van der Waals surface area (Å²) >= 11 is 0. The molecule has 1 rings (SSSR count). The second-order valence-corrected chi connectivity index (χ2v) is 8.03. The Balaban J connectivity index is 2.16. The van der Waals surface area contributed by atoms with Crippen molar-refractivity contribution in [2.24, 2.45) is 0 Å². The molecule has 0 heterocycles. The van der Waals surface area contributed by atoms with Gasteiger partial charge in [-0.05, 0) is 39.0 Å². The van der Waals surface area contributed by atoms with Crippen molar-refractivity contribution >= 4 is 9.84 Å². The largest absolute Gasteiger partial charge is 0.313 e. The van der Waals surface area contributed by atoms with Crippen molar-refractivity contribution in [3.8, 4) is 0 Å². The number of nitrogens with zero attached hydrogens (tertiary/aromatic N) is 1. The van der Waals surface area contributed by atoms with Crippen molar-refractivity contribution < 1.29 is 8.42 Å². The summed E-state index contributed by atoms with van der Waals surface area (Å²) in [6.45, 7) is 6.41. The third-order valence-electron chi connectivity index (χ3n) is 3.45. The molecule has 0 fully saturated rings. The van der Waals surface area contributed by atoms with Gasteiger partial charge < -0.3 is 10.2 Å². The minimum atomic E-state index is -2.89. The van der Waals surface area contributed by atoms with Crippen LogP contribution in [0, 0.1) is 0 Å². The first kappa shape index (κ1) is 18.1. The van der Waals surface area contributed by atoms with Crippen molar-refractivity contribution in [2.75, 3.05) is 31.6 Å². The Labute approximate surface area is 129 Å². The third-order valence-corrected chi connectivity index (χ3v) is 5.34. The number of hydrogen-bond donors (Lipinski definition) is 1. The van der Waals surface area contributed by atoms with Crippen LogP contribution in [0.3, 0.4) is 0 Å². The molecule has 0 spiro atoms. The smallest absolute Gasteiger partial charge is 0.151 e. The minimum Gasteiger partial charge on any atom is -0.313 e. The molecule has 1 N–H and O–H groups in total. The quantitative estimate of drug-likeness (QED) is 0.671. The van der Waals surface area contributed by atoms with Crippen LogP contribution >= 0.6 is 0 Å². The Morgan fingerprint density at radius 3 is 2.52 bits per heavy atom. The van der Waals surface area contributed by atoms with Crippen LogP contribution in [-0.4, -0.2) is 51.0 Å². The van der Waals surface area contributed by atoms with E-state index in [1.807, 2.05) is 13.0 Å². The molecule has 0 amide bonds. The average Bonchev–Trinajstić information content (AvgIpc) is 2.44. The molecule has 0 saturated heterocycles. The molecular formula is C16H28N2O2S. The molecule has 1 aromatic carbocycles. The summed E-state index contributed by atoms with van der Waals surface area (Å²) in [6.07, 6.45) is 1.01. The second-order valence-electron chi connectivity index (χ2n) is 5.63. The topological polar surface area (TPSA) is 49.4 Å². The molecule has 0 aromatic heterocycles. The summed E-state index contributed by atoms with van der Waals surface area (Å²) < 4.78 is 23.0. The first-order valence-corrected chi connectivity index (χ1v) is 9.41. The maximum atomic E-state index is 11.5. The van der Waals surface area contributed by atoms with Gasteiger partial charge in [0.25, 0.3) is 0 Å². The monoisotopic (exact) mass is 312 g/mol. The number of nitrogens with one attached hydrogen (secondary N) is 1. The van der Waals surface area contributed by atoms with E-state index in [0.717, 1.165) is 26.1 Å². The van der Waals surface area contributed by atoms with Crippen molar-refractivity contribution in [3.05, 3.63) is 35.9 Å². The molecule has 0 aliphatic carbocycles. The predicted octanol–water partition coefficient (Wildman–Crippen LogP) is 1.92. The molecule has 4 nitrogen and oxygen atoms in total. The molecule has 1 unspecified atom stereocenters. The molecular weight excluding hydrogens is 284 g/mol. The lowest BCUT2D eigenvalue weighted by molar-refractivity contribution is 0.318. The fourth-order valence-electron chi connectivity index (χ4n) is 2.23. The van der Waals surface area contributed by atoms with Crippen LogP contribution < -0.4 is 5.32 Å². The Morgan fingerprint density at radius 2 is 1.90 bits per heavy atom. The van der Waals surface area contributed by atoms with E-state index >= 15 is 0 Å². The SMILES string of the molecule is CCS(=O)(=O)CC(C)NCCCN(C)Cc1ccccc1. The van der Waals surface area contributed by atoms with Crippen LogP contribution in [0.2, 0.25) is 0 Å². The molecule has 1 atom stereocenters. The van der Waals surface area contributed by atoms with Gasteiger partial charge in [-0.15, -0.1) is 0 Å². The first-order valence-electron chi connectivity index (χ1n) is 7.59. The van der Waals surface area contributed by atoms with E-state index in [4.69, 9.17) is 0 Å². The molecule has 120 valence electrons. The highest BCUT2D eigenvalue weighted by Gasteiger charge is 2.12. The van der Waals surface area contributed by atoms with E-state index in [0.29, 0.717) is 0 Å². The van der Waals surface area contributed by atoms with Gasteiger partial charge >= 0.3 is 0 Å². The fourth-order valence-corrected chi connectivity index (χ4v) is 3.34. The summed E-state index contributed by atoms with van der Waals surface area (Å²) in [6, 6.07) is 10.4. The molecule has 0 saturated carbocycles. The maximum absolute atomic E-state index is 11.5. The number of benzene rings is 1. The molecule has 1 aromatic rings. The number of hydrogen-bond acceptors (Lipinski definition) is 4. The van der Waals surface area contributed by atoms with Crippen LogP contribution in [0.5, 0.6) is 0 Å². The average molecular weight is 312 g/mol. The van der Waals surface area contributed by atoms with Gasteiger partial charge in [-0.3, -0.25) is 0 Å². The normalized spacial score (nSPS) is 13.5. The standard InChI is InChI=1S/C16H28N2O2S/c1-4-21(19,20)14-15(2)17-11-8-12-18(3)13-16-9-6-5-7-10-16/h5-7,9-10,15,17H,4,8,11-14H2,1-3H3. The summed E-state index contributed by atoms with van der Waals surface area (Å²) in [4.78, 5) is 2.28. The third kappa shape index (κ3) is 8.19. The van der Waals surface area contributed by atoms with Crippen LogP contribution in [0.15, 0.2) is 30.3 Å². The zero-order chi connectivity index (χ0) is 15.7. The van der Waals surface area contributed by atoms with Gasteiger partial charge in [-0.25, -0.2) is 8.42 Å². The molecule has 0 radical (unpaired) electrons. The van der Waals surface area contributed by atoms with Crippen LogP contribution in [0.4, 0.5) is 0 Å². The van der Waals surface area contributed by atoms with Gasteiger partial charge in [-0.2, -0.15) is 0 Å². The lowest BCUT2D eigenvalue weighted by Gasteiger charge is -2.18. The van der Waals surface area contributed by atoms with Gasteiger partial charge in [0.2, 0.25) is 0 Å². The van der Waals surface area contributed by atoms with Crippen LogP contribution in [0.1, 0.15) is 25.8 Å². The Bertz CT molecular complexity index is 488. The Hall–Kier alpha value is -0.910. The van der Waals surface area contributed by atoms with Crippen molar-refractivity contribution in [2.45, 2.75) is 32.9 Å². The fraction of sp³-hybridized carbons (Fsp3) is 0.625. The zero-order valence-corrected chi connectivity index (χ0v) is 14.2. The van der Waals surface area contributed by atoms with E-state index in [1.165, 1.54) is 5.56 Å². The Kier molecular flexibility index (Phi) is 7.93. The van der Waals surface area contributed by atoms with Gasteiger partial charge in [0.15, 0.2) is 9.84 Å². The van der Waals surface area contributed by atoms with Crippen LogP contribution in [0.25, 0.3) is 0 Å². The highest BCUT2D eigenvalue weighted by Crippen LogP contribution is 2.02. The van der Waals surface area contributed by atoms with Crippen molar-refractivity contribution in [1.82, 2.24) is 10.2 Å². The first-order chi connectivity index (χ1) is 9.93. The van der Waals surface area contributed by atoms with Crippen LogP contribution in [-0.2, 0) is 16.4 Å². The van der Waals surface area contributed by atoms with Crippen molar-refractivity contribution in [3.63, 3.8) is 0 Å². The van der Waals surface area contributed by atoms with E-state index in [-0.39, 0.29) is 17.5 Å². The van der Waals surface area contributed by atoms with E-state index < -0.39 is 9.84 Å². The van der Waals surface area contributed by atoms with E-state index in [1.54, 1.807) is 6.92 Å². The zero-order valence-electron chi connectivity index (χ0n) is 13.4.